The Morgan fingerprint density at radius 1 is 0.920 bits per heavy atom. The number of ether oxygens (including phenoxy) is 1. The van der Waals surface area contributed by atoms with Crippen molar-refractivity contribution in [1.29, 1.82) is 0 Å². The van der Waals surface area contributed by atoms with Gasteiger partial charge in [-0.15, -0.1) is 0 Å². The number of carbonyl (C=O) groups is 2. The normalized spacial score (nSPS) is 12.6. The van der Waals surface area contributed by atoms with Crippen molar-refractivity contribution in [3.05, 3.63) is 12.2 Å². The van der Waals surface area contributed by atoms with Crippen LogP contribution < -0.4 is 0 Å². The van der Waals surface area contributed by atoms with Gasteiger partial charge in [0.15, 0.2) is 6.04 Å². The fourth-order valence-corrected chi connectivity index (χ4v) is 2.81. The summed E-state index contributed by atoms with van der Waals surface area (Å²) in [7, 11) is 5.83. The number of carbonyl (C=O) groups excluding carboxylic acids is 1. The molecule has 0 aliphatic carbocycles. The minimum absolute atomic E-state index is 0.296. The smallest absolute Gasteiger partial charge is 0.362 e. The molecule has 0 aromatic rings. The summed E-state index contributed by atoms with van der Waals surface area (Å²) in [6.07, 6.45) is 10.9. The third-order valence-electron chi connectivity index (χ3n) is 4.42. The first-order chi connectivity index (χ1) is 11.7. The topological polar surface area (TPSA) is 63.6 Å². The van der Waals surface area contributed by atoms with Crippen LogP contribution in [-0.2, 0) is 14.3 Å². The Morgan fingerprint density at radius 3 is 1.76 bits per heavy atom. The molecule has 0 heterocycles. The van der Waals surface area contributed by atoms with E-state index in [-0.39, 0.29) is 12.0 Å². The highest BCUT2D eigenvalue weighted by atomic mass is 16.5. The van der Waals surface area contributed by atoms with Gasteiger partial charge in [0.2, 0.25) is 0 Å². The van der Waals surface area contributed by atoms with Gasteiger partial charge in [-0.25, -0.2) is 9.59 Å². The van der Waals surface area contributed by atoms with Crippen molar-refractivity contribution in [1.82, 2.24) is 0 Å². The number of unbranched alkanes of at least 4 members (excludes halogenated alkanes) is 8. The first-order valence-electron chi connectivity index (χ1n) is 9.52. The van der Waals surface area contributed by atoms with Crippen LogP contribution in [0.15, 0.2) is 12.2 Å². The van der Waals surface area contributed by atoms with E-state index in [2.05, 4.69) is 6.58 Å². The Hall–Kier alpha value is -1.36. The quantitative estimate of drug-likeness (QED) is 0.207. The van der Waals surface area contributed by atoms with E-state index in [1.807, 2.05) is 21.1 Å². The number of esters is 1. The maximum absolute atomic E-state index is 11.3. The molecule has 1 atom stereocenters. The minimum Gasteiger partial charge on any atom is -0.477 e. The summed E-state index contributed by atoms with van der Waals surface area (Å²) in [5, 5.41) is 9.28. The first kappa shape index (κ1) is 23.6. The summed E-state index contributed by atoms with van der Waals surface area (Å²) in [5.41, 5.74) is 0.455. The van der Waals surface area contributed by atoms with Gasteiger partial charge in [-0.3, -0.25) is 0 Å². The van der Waals surface area contributed by atoms with Gasteiger partial charge in [0.05, 0.1) is 27.7 Å². The SMILES string of the molecule is C=C(C)C(=O)OCCCCCCCCCCCC(C(=O)O)[N+](C)(C)C. The molecule has 0 aliphatic heterocycles. The minimum atomic E-state index is -0.693. The molecule has 0 aromatic carbocycles. The van der Waals surface area contributed by atoms with Gasteiger partial charge < -0.3 is 14.3 Å². The van der Waals surface area contributed by atoms with Crippen LogP contribution in [0.2, 0.25) is 0 Å². The van der Waals surface area contributed by atoms with Crippen LogP contribution in [0.25, 0.3) is 0 Å². The monoisotopic (exact) mass is 356 g/mol. The largest absolute Gasteiger partial charge is 0.477 e. The van der Waals surface area contributed by atoms with Crippen LogP contribution >= 0.6 is 0 Å². The van der Waals surface area contributed by atoms with E-state index < -0.39 is 5.97 Å². The summed E-state index contributed by atoms with van der Waals surface area (Å²) in [4.78, 5) is 22.5. The van der Waals surface area contributed by atoms with Crippen LogP contribution in [0.3, 0.4) is 0 Å². The van der Waals surface area contributed by atoms with Crippen LogP contribution in [-0.4, -0.2) is 55.3 Å². The van der Waals surface area contributed by atoms with Gasteiger partial charge in [-0.2, -0.15) is 0 Å². The molecule has 0 aliphatic rings. The lowest BCUT2D eigenvalue weighted by Crippen LogP contribution is -2.49. The van der Waals surface area contributed by atoms with Gasteiger partial charge in [0, 0.05) is 12.0 Å². The maximum Gasteiger partial charge on any atom is 0.362 e. The van der Waals surface area contributed by atoms with E-state index in [0.29, 0.717) is 16.7 Å². The third kappa shape index (κ3) is 12.6. The van der Waals surface area contributed by atoms with E-state index >= 15 is 0 Å². The Labute approximate surface area is 153 Å². The Kier molecular flexibility index (Phi) is 12.2. The van der Waals surface area contributed by atoms with Crippen LogP contribution in [0.5, 0.6) is 0 Å². The molecule has 0 fully saturated rings. The van der Waals surface area contributed by atoms with Crippen molar-refractivity contribution >= 4 is 11.9 Å². The van der Waals surface area contributed by atoms with Gasteiger partial charge in [-0.1, -0.05) is 51.5 Å². The molecule has 0 saturated heterocycles. The number of hydrogen-bond acceptors (Lipinski definition) is 3. The highest BCUT2D eigenvalue weighted by Gasteiger charge is 2.30. The number of carboxylic acid groups (broad SMARTS) is 1. The standard InChI is InChI=1S/C20H37NO4/c1-17(2)20(24)25-16-14-12-10-8-6-7-9-11-13-15-18(19(22)23)21(3,4)5/h18H,1,6-16H2,2-5H3/p+1. The number of hydrogen-bond donors (Lipinski definition) is 1. The Balaban J connectivity index is 3.46. The average Bonchev–Trinajstić information content (AvgIpc) is 2.49. The van der Waals surface area contributed by atoms with Crippen molar-refractivity contribution in [3.8, 4) is 0 Å². The number of carboxylic acids is 1. The van der Waals surface area contributed by atoms with Gasteiger partial charge in [-0.05, 0) is 19.8 Å². The van der Waals surface area contributed by atoms with Crippen molar-refractivity contribution in [3.63, 3.8) is 0 Å². The third-order valence-corrected chi connectivity index (χ3v) is 4.42. The highest BCUT2D eigenvalue weighted by molar-refractivity contribution is 5.86. The summed E-state index contributed by atoms with van der Waals surface area (Å²) in [6, 6.07) is -0.307. The molecule has 0 amide bonds. The summed E-state index contributed by atoms with van der Waals surface area (Å²) in [5.74, 6) is -0.989. The van der Waals surface area contributed by atoms with Crippen molar-refractivity contribution in [2.24, 2.45) is 0 Å². The van der Waals surface area contributed by atoms with E-state index in [1.54, 1.807) is 6.92 Å². The zero-order valence-electron chi connectivity index (χ0n) is 16.7. The molecule has 1 unspecified atom stereocenters. The van der Waals surface area contributed by atoms with Gasteiger partial charge >= 0.3 is 11.9 Å². The maximum atomic E-state index is 11.3. The second-order valence-electron chi connectivity index (χ2n) is 7.86. The lowest BCUT2D eigenvalue weighted by Gasteiger charge is -2.31. The lowest BCUT2D eigenvalue weighted by molar-refractivity contribution is -0.887. The predicted octanol–water partition coefficient (Wildman–Crippen LogP) is 4.17. The van der Waals surface area contributed by atoms with E-state index in [0.717, 1.165) is 32.1 Å². The van der Waals surface area contributed by atoms with E-state index in [9.17, 15) is 14.7 Å². The molecule has 0 saturated carbocycles. The first-order valence-corrected chi connectivity index (χ1v) is 9.52. The lowest BCUT2D eigenvalue weighted by atomic mass is 10.0. The molecular formula is C20H38NO4+. The van der Waals surface area contributed by atoms with Gasteiger partial charge in [0.25, 0.3) is 0 Å². The molecule has 5 nitrogen and oxygen atoms in total. The molecule has 0 bridgehead atoms. The van der Waals surface area contributed by atoms with Crippen LogP contribution in [0.1, 0.15) is 71.1 Å². The summed E-state index contributed by atoms with van der Waals surface area (Å²) >= 11 is 0. The molecule has 146 valence electrons. The number of quaternary nitrogens is 1. The Morgan fingerprint density at radius 2 is 1.36 bits per heavy atom. The molecule has 0 rings (SSSR count). The highest BCUT2D eigenvalue weighted by Crippen LogP contribution is 2.15. The fourth-order valence-electron chi connectivity index (χ4n) is 2.81. The van der Waals surface area contributed by atoms with Crippen LogP contribution in [0, 0.1) is 0 Å². The van der Waals surface area contributed by atoms with Crippen molar-refractivity contribution in [2.45, 2.75) is 77.2 Å². The molecular weight excluding hydrogens is 318 g/mol. The molecule has 0 spiro atoms. The summed E-state index contributed by atoms with van der Waals surface area (Å²) in [6.45, 7) is 5.70. The molecule has 1 N–H and O–H groups in total. The average molecular weight is 357 g/mol. The zero-order valence-corrected chi connectivity index (χ0v) is 16.7. The second kappa shape index (κ2) is 12.9. The van der Waals surface area contributed by atoms with Crippen molar-refractivity contribution in [2.75, 3.05) is 27.7 Å². The number of likely N-dealkylation sites (N-methyl/N-ethyl adjacent to an activating group) is 1. The number of aliphatic carboxylic acids is 1. The fraction of sp³-hybridized carbons (Fsp3) is 0.800. The van der Waals surface area contributed by atoms with E-state index in [4.69, 9.17) is 4.74 Å². The molecule has 0 aromatic heterocycles. The zero-order chi connectivity index (χ0) is 19.3. The Bertz CT molecular complexity index is 412. The van der Waals surface area contributed by atoms with Crippen molar-refractivity contribution < 1.29 is 23.9 Å². The van der Waals surface area contributed by atoms with Crippen LogP contribution in [0.4, 0.5) is 0 Å². The predicted molar refractivity (Wildman–Crippen MR) is 101 cm³/mol. The number of rotatable bonds is 15. The molecule has 25 heavy (non-hydrogen) atoms. The van der Waals surface area contributed by atoms with Gasteiger partial charge in [0.1, 0.15) is 0 Å². The summed E-state index contributed by atoms with van der Waals surface area (Å²) < 4.78 is 5.54. The molecule has 0 radical (unpaired) electrons. The second-order valence-corrected chi connectivity index (χ2v) is 7.86. The van der Waals surface area contributed by atoms with E-state index in [1.165, 1.54) is 32.1 Å². The molecule has 5 heteroatoms. The number of nitrogens with zero attached hydrogens (tertiary/aromatic N) is 1.